The largest absolute Gasteiger partial charge is 0.508 e. The number of carbonyl (C=O) groups excluding carboxylic acids is 3. The number of phenolic OH excluding ortho intramolecular Hbond substituents is 1. The molecule has 0 aliphatic rings. The average molecular weight is 470 g/mol. The first-order valence-corrected chi connectivity index (χ1v) is 11.3. The predicted molar refractivity (Wildman–Crippen MR) is 132 cm³/mol. The van der Waals surface area contributed by atoms with Gasteiger partial charge in [-0.1, -0.05) is 37.3 Å². The molecule has 0 saturated carbocycles. The average Bonchev–Trinajstić information content (AvgIpc) is 2.73. The van der Waals surface area contributed by atoms with Crippen molar-refractivity contribution in [3.63, 3.8) is 0 Å². The van der Waals surface area contributed by atoms with E-state index in [1.165, 1.54) is 17.0 Å². The molecule has 0 aliphatic carbocycles. The summed E-state index contributed by atoms with van der Waals surface area (Å²) in [6.07, 6.45) is -0.129. The van der Waals surface area contributed by atoms with Crippen LogP contribution in [0.1, 0.15) is 56.8 Å². The van der Waals surface area contributed by atoms with Gasteiger partial charge in [0.2, 0.25) is 5.91 Å². The van der Waals surface area contributed by atoms with Gasteiger partial charge in [-0.05, 0) is 69.9 Å². The first-order valence-electron chi connectivity index (χ1n) is 11.3. The molecule has 8 nitrogen and oxygen atoms in total. The fourth-order valence-corrected chi connectivity index (χ4v) is 3.57. The van der Waals surface area contributed by atoms with Crippen LogP contribution in [-0.2, 0) is 14.3 Å². The fraction of sp³-hybridized carbons (Fsp3) is 0.423. The van der Waals surface area contributed by atoms with Crippen LogP contribution < -0.4 is 10.6 Å². The van der Waals surface area contributed by atoms with Crippen LogP contribution in [0.15, 0.2) is 42.5 Å². The maximum atomic E-state index is 13.6. The number of ether oxygens (including phenoxy) is 1. The van der Waals surface area contributed by atoms with Gasteiger partial charge in [-0.25, -0.2) is 4.79 Å². The summed E-state index contributed by atoms with van der Waals surface area (Å²) in [5.74, 6) is -0.877. The Balaban J connectivity index is 2.37. The lowest BCUT2D eigenvalue weighted by atomic mass is 10.0. The maximum absolute atomic E-state index is 13.6. The summed E-state index contributed by atoms with van der Waals surface area (Å²) < 4.78 is 5.21. The lowest BCUT2D eigenvalue weighted by Crippen LogP contribution is -2.46. The number of phenols is 1. The highest BCUT2D eigenvalue weighted by molar-refractivity contribution is 5.99. The molecule has 2 aromatic carbocycles. The molecule has 1 unspecified atom stereocenters. The van der Waals surface area contributed by atoms with E-state index >= 15 is 0 Å². The smallest absolute Gasteiger partial charge is 0.408 e. The van der Waals surface area contributed by atoms with Crippen LogP contribution in [0.4, 0.5) is 10.5 Å². The van der Waals surface area contributed by atoms with Crippen molar-refractivity contribution in [2.24, 2.45) is 0 Å². The third-order valence-corrected chi connectivity index (χ3v) is 5.04. The minimum absolute atomic E-state index is 0.0156. The number of nitrogens with zero attached hydrogens (tertiary/aromatic N) is 1. The Morgan fingerprint density at radius 3 is 2.24 bits per heavy atom. The molecule has 2 aromatic rings. The van der Waals surface area contributed by atoms with Crippen LogP contribution in [-0.4, -0.2) is 46.6 Å². The van der Waals surface area contributed by atoms with Gasteiger partial charge in [0.1, 0.15) is 23.9 Å². The van der Waals surface area contributed by atoms with Crippen molar-refractivity contribution in [1.29, 1.82) is 0 Å². The molecule has 0 aliphatic heterocycles. The van der Waals surface area contributed by atoms with Crippen LogP contribution in [0.5, 0.6) is 5.75 Å². The van der Waals surface area contributed by atoms with Crippen molar-refractivity contribution in [2.45, 2.75) is 59.6 Å². The first kappa shape index (κ1) is 26.7. The van der Waals surface area contributed by atoms with Crippen molar-refractivity contribution in [3.8, 4) is 5.75 Å². The molecular formula is C26H35N3O5. The molecule has 0 aromatic heterocycles. The quantitative estimate of drug-likeness (QED) is 0.529. The standard InChI is InChI=1S/C26H35N3O5/c1-7-14-29(21(31)16-27-25(33)34-26(4,5)6)23(19-12-9-13-20(30)15-19)24(32)28-22-17(2)10-8-11-18(22)3/h8-13,15,23,30H,7,14,16H2,1-6H3,(H,27,33)(H,28,32). The number of hydrogen-bond donors (Lipinski definition) is 3. The van der Waals surface area contributed by atoms with E-state index in [4.69, 9.17) is 4.74 Å². The molecule has 0 bridgehead atoms. The van der Waals surface area contributed by atoms with Crippen molar-refractivity contribution in [3.05, 3.63) is 59.2 Å². The van der Waals surface area contributed by atoms with Crippen molar-refractivity contribution in [1.82, 2.24) is 10.2 Å². The molecule has 3 amide bonds. The number of aromatic hydroxyl groups is 1. The minimum Gasteiger partial charge on any atom is -0.508 e. The molecule has 34 heavy (non-hydrogen) atoms. The number of benzene rings is 2. The highest BCUT2D eigenvalue weighted by Crippen LogP contribution is 2.28. The van der Waals surface area contributed by atoms with Gasteiger partial charge in [0.05, 0.1) is 0 Å². The summed E-state index contributed by atoms with van der Waals surface area (Å²) in [6.45, 7) is 10.8. The van der Waals surface area contributed by atoms with Gasteiger partial charge in [-0.2, -0.15) is 0 Å². The number of nitrogens with one attached hydrogen (secondary N) is 2. The predicted octanol–water partition coefficient (Wildman–Crippen LogP) is 4.45. The zero-order chi connectivity index (χ0) is 25.5. The number of hydrogen-bond acceptors (Lipinski definition) is 5. The monoisotopic (exact) mass is 469 g/mol. The highest BCUT2D eigenvalue weighted by Gasteiger charge is 2.32. The van der Waals surface area contributed by atoms with Gasteiger partial charge in [0.15, 0.2) is 0 Å². The summed E-state index contributed by atoms with van der Waals surface area (Å²) in [5.41, 5.74) is 2.22. The summed E-state index contributed by atoms with van der Waals surface area (Å²) in [6, 6.07) is 11.0. The Kier molecular flexibility index (Phi) is 9.06. The zero-order valence-corrected chi connectivity index (χ0v) is 20.8. The molecule has 0 saturated heterocycles. The second kappa shape index (κ2) is 11.5. The number of alkyl carbamates (subject to hydrolysis) is 1. The van der Waals surface area contributed by atoms with E-state index in [2.05, 4.69) is 10.6 Å². The van der Waals surface area contributed by atoms with Crippen molar-refractivity contribution < 1.29 is 24.2 Å². The van der Waals surface area contributed by atoms with Gasteiger partial charge in [0.25, 0.3) is 5.91 Å². The Labute approximate surface area is 201 Å². The first-order chi connectivity index (χ1) is 15.9. The number of rotatable bonds is 8. The van der Waals surface area contributed by atoms with E-state index in [9.17, 15) is 19.5 Å². The van der Waals surface area contributed by atoms with E-state index in [0.717, 1.165) is 11.1 Å². The number of carbonyl (C=O) groups is 3. The van der Waals surface area contributed by atoms with Gasteiger partial charge >= 0.3 is 6.09 Å². The molecule has 3 N–H and O–H groups in total. The lowest BCUT2D eigenvalue weighted by molar-refractivity contribution is -0.138. The molecular weight excluding hydrogens is 434 g/mol. The fourth-order valence-electron chi connectivity index (χ4n) is 3.57. The summed E-state index contributed by atoms with van der Waals surface area (Å²) in [4.78, 5) is 40.3. The highest BCUT2D eigenvalue weighted by atomic mass is 16.6. The summed E-state index contributed by atoms with van der Waals surface area (Å²) in [7, 11) is 0. The molecule has 184 valence electrons. The SMILES string of the molecule is CCCN(C(=O)CNC(=O)OC(C)(C)C)C(C(=O)Nc1c(C)cccc1C)c1cccc(O)c1. The molecule has 0 spiro atoms. The van der Waals surface area contributed by atoms with E-state index in [0.29, 0.717) is 17.7 Å². The van der Waals surface area contributed by atoms with E-state index in [-0.39, 0.29) is 18.8 Å². The van der Waals surface area contributed by atoms with E-state index < -0.39 is 29.6 Å². The van der Waals surface area contributed by atoms with Crippen LogP contribution in [0.3, 0.4) is 0 Å². The molecule has 1 atom stereocenters. The number of aryl methyl sites for hydroxylation is 2. The lowest BCUT2D eigenvalue weighted by Gasteiger charge is -2.32. The van der Waals surface area contributed by atoms with Gasteiger partial charge in [-0.3, -0.25) is 9.59 Å². The molecule has 0 heterocycles. The summed E-state index contributed by atoms with van der Waals surface area (Å²) >= 11 is 0. The van der Waals surface area contributed by atoms with E-state index in [1.54, 1.807) is 32.9 Å². The molecule has 0 fully saturated rings. The van der Waals surface area contributed by atoms with Crippen LogP contribution in [0, 0.1) is 13.8 Å². The number of anilines is 1. The third-order valence-electron chi connectivity index (χ3n) is 5.04. The van der Waals surface area contributed by atoms with Crippen LogP contribution in [0.2, 0.25) is 0 Å². The number of amides is 3. The van der Waals surface area contributed by atoms with Gasteiger partial charge < -0.3 is 25.4 Å². The minimum atomic E-state index is -1.01. The Morgan fingerprint density at radius 1 is 1.06 bits per heavy atom. The molecule has 0 radical (unpaired) electrons. The van der Waals surface area contributed by atoms with Crippen LogP contribution in [0.25, 0.3) is 0 Å². The molecule has 2 rings (SSSR count). The Morgan fingerprint density at radius 2 is 1.68 bits per heavy atom. The van der Waals surface area contributed by atoms with Crippen LogP contribution >= 0.6 is 0 Å². The second-order valence-electron chi connectivity index (χ2n) is 9.20. The molecule has 8 heteroatoms. The van der Waals surface area contributed by atoms with Gasteiger partial charge in [-0.15, -0.1) is 0 Å². The van der Waals surface area contributed by atoms with Gasteiger partial charge in [0, 0.05) is 12.2 Å². The number of para-hydroxylation sites is 1. The third kappa shape index (κ3) is 7.50. The zero-order valence-electron chi connectivity index (χ0n) is 20.8. The van der Waals surface area contributed by atoms with Crippen molar-refractivity contribution in [2.75, 3.05) is 18.4 Å². The summed E-state index contributed by atoms with van der Waals surface area (Å²) in [5, 5.41) is 15.5. The second-order valence-corrected chi connectivity index (χ2v) is 9.20. The Bertz CT molecular complexity index is 1010. The Hall–Kier alpha value is -3.55. The topological polar surface area (TPSA) is 108 Å². The normalized spacial score (nSPS) is 11.9. The van der Waals surface area contributed by atoms with Crippen molar-refractivity contribution >= 4 is 23.6 Å². The maximum Gasteiger partial charge on any atom is 0.408 e. The van der Waals surface area contributed by atoms with E-state index in [1.807, 2.05) is 39.0 Å².